The van der Waals surface area contributed by atoms with Gasteiger partial charge in [0.15, 0.2) is 0 Å². The van der Waals surface area contributed by atoms with Crippen LogP contribution >= 0.6 is 0 Å². The highest BCUT2D eigenvalue weighted by Gasteiger charge is 2.07. The number of hydrogen-bond donors (Lipinski definition) is 3. The Kier molecular flexibility index (Phi) is 4.12. The van der Waals surface area contributed by atoms with Gasteiger partial charge < -0.3 is 10.3 Å². The van der Waals surface area contributed by atoms with Crippen LogP contribution in [0.2, 0.25) is 0 Å². The van der Waals surface area contributed by atoms with Crippen LogP contribution in [0.1, 0.15) is 16.2 Å². The van der Waals surface area contributed by atoms with Gasteiger partial charge in [-0.25, -0.2) is 9.78 Å². The second-order valence-corrected chi connectivity index (χ2v) is 4.32. The first-order chi connectivity index (χ1) is 9.95. The molecule has 2 heterocycles. The Morgan fingerprint density at radius 1 is 1.29 bits per heavy atom. The molecule has 2 aromatic heterocycles. The summed E-state index contributed by atoms with van der Waals surface area (Å²) in [5.74, 6) is -0.605. The molecular weight excluding hydrogens is 278 g/mol. The van der Waals surface area contributed by atoms with Crippen molar-refractivity contribution in [3.8, 4) is 0 Å². The second-order valence-electron chi connectivity index (χ2n) is 4.32. The number of aryl methyl sites for hydroxylation is 1. The lowest BCUT2D eigenvalue weighted by molar-refractivity contribution is 0.0946. The number of aromatic amines is 2. The number of H-pyrrole nitrogens is 2. The van der Waals surface area contributed by atoms with Gasteiger partial charge in [0.05, 0.1) is 6.33 Å². The van der Waals surface area contributed by atoms with E-state index in [1.807, 2.05) is 4.98 Å². The van der Waals surface area contributed by atoms with Gasteiger partial charge in [0, 0.05) is 30.9 Å². The zero-order valence-electron chi connectivity index (χ0n) is 11.2. The number of carbonyl (C=O) groups excluding carboxylic acids is 1. The molecule has 110 valence electrons. The number of aromatic nitrogens is 4. The highest BCUT2D eigenvalue weighted by Crippen LogP contribution is 1.87. The maximum absolute atomic E-state index is 11.7. The Bertz CT molecular complexity index is 804. The maximum atomic E-state index is 11.7. The van der Waals surface area contributed by atoms with Crippen molar-refractivity contribution < 1.29 is 4.79 Å². The van der Waals surface area contributed by atoms with Crippen LogP contribution in [0.3, 0.4) is 0 Å². The SMILES string of the molecule is Cc1cc(=O)n(CCNC(=O)c2cc(=O)[nH]c(=O)[nH]2)cn1. The van der Waals surface area contributed by atoms with Crippen molar-refractivity contribution in [2.24, 2.45) is 0 Å². The highest BCUT2D eigenvalue weighted by molar-refractivity contribution is 5.91. The third kappa shape index (κ3) is 3.75. The Labute approximate surface area is 117 Å². The van der Waals surface area contributed by atoms with Crippen LogP contribution < -0.4 is 22.1 Å². The summed E-state index contributed by atoms with van der Waals surface area (Å²) >= 11 is 0. The largest absolute Gasteiger partial charge is 0.349 e. The van der Waals surface area contributed by atoms with E-state index in [0.29, 0.717) is 5.69 Å². The molecule has 9 heteroatoms. The summed E-state index contributed by atoms with van der Waals surface area (Å²) < 4.78 is 1.34. The molecule has 2 rings (SSSR count). The number of nitrogens with zero attached hydrogens (tertiary/aromatic N) is 2. The van der Waals surface area contributed by atoms with Crippen LogP contribution in [0.15, 0.2) is 32.8 Å². The van der Waals surface area contributed by atoms with Gasteiger partial charge in [-0.05, 0) is 6.92 Å². The molecular formula is C12H13N5O4. The zero-order chi connectivity index (χ0) is 15.4. The van der Waals surface area contributed by atoms with E-state index in [2.05, 4.69) is 15.3 Å². The first kappa shape index (κ1) is 14.4. The topological polar surface area (TPSA) is 130 Å². The van der Waals surface area contributed by atoms with E-state index in [4.69, 9.17) is 0 Å². The van der Waals surface area contributed by atoms with Crippen LogP contribution in [0.5, 0.6) is 0 Å². The number of hydrogen-bond acceptors (Lipinski definition) is 5. The average Bonchev–Trinajstić information content (AvgIpc) is 2.40. The Balaban J connectivity index is 2.00. The van der Waals surface area contributed by atoms with Crippen LogP contribution in [0.25, 0.3) is 0 Å². The molecule has 21 heavy (non-hydrogen) atoms. The van der Waals surface area contributed by atoms with E-state index < -0.39 is 17.2 Å². The lowest BCUT2D eigenvalue weighted by Gasteiger charge is -2.07. The molecule has 0 bridgehead atoms. The normalized spacial score (nSPS) is 10.3. The third-order valence-electron chi connectivity index (χ3n) is 2.66. The average molecular weight is 291 g/mol. The standard InChI is InChI=1S/C12H13N5O4/c1-7-4-10(19)17(6-14-7)3-2-13-11(20)8-5-9(18)16-12(21)15-8/h4-6H,2-3H2,1H3,(H,13,20)(H2,15,16,18,21). The van der Waals surface area contributed by atoms with E-state index in [1.54, 1.807) is 6.92 Å². The molecule has 1 amide bonds. The summed E-state index contributed by atoms with van der Waals surface area (Å²) in [6.07, 6.45) is 1.39. The first-order valence-electron chi connectivity index (χ1n) is 6.10. The van der Waals surface area contributed by atoms with Gasteiger partial charge in [-0.1, -0.05) is 0 Å². The molecule has 0 spiro atoms. The Morgan fingerprint density at radius 2 is 2.05 bits per heavy atom. The monoisotopic (exact) mass is 291 g/mol. The fraction of sp³-hybridized carbons (Fsp3) is 0.250. The lowest BCUT2D eigenvalue weighted by Crippen LogP contribution is -2.34. The van der Waals surface area contributed by atoms with Crippen LogP contribution in [0, 0.1) is 6.92 Å². The van der Waals surface area contributed by atoms with Crippen LogP contribution in [-0.2, 0) is 6.54 Å². The van der Waals surface area contributed by atoms with E-state index in [0.717, 1.165) is 6.07 Å². The van der Waals surface area contributed by atoms with Crippen molar-refractivity contribution in [3.63, 3.8) is 0 Å². The van der Waals surface area contributed by atoms with Crippen molar-refractivity contribution in [1.82, 2.24) is 24.8 Å². The fourth-order valence-corrected chi connectivity index (χ4v) is 1.66. The van der Waals surface area contributed by atoms with E-state index in [9.17, 15) is 19.2 Å². The predicted molar refractivity (Wildman–Crippen MR) is 73.3 cm³/mol. The van der Waals surface area contributed by atoms with Crippen molar-refractivity contribution in [3.05, 3.63) is 61.0 Å². The molecule has 2 aromatic rings. The third-order valence-corrected chi connectivity index (χ3v) is 2.66. The molecule has 0 aliphatic carbocycles. The molecule has 0 unspecified atom stereocenters. The van der Waals surface area contributed by atoms with Gasteiger partial charge in [0.1, 0.15) is 5.69 Å². The van der Waals surface area contributed by atoms with E-state index >= 15 is 0 Å². The smallest absolute Gasteiger partial charge is 0.326 e. The summed E-state index contributed by atoms with van der Waals surface area (Å²) in [5, 5.41) is 2.49. The first-order valence-corrected chi connectivity index (χ1v) is 6.10. The summed E-state index contributed by atoms with van der Waals surface area (Å²) in [5.41, 5.74) is -1.17. The van der Waals surface area contributed by atoms with Gasteiger partial charge in [-0.15, -0.1) is 0 Å². The maximum Gasteiger partial charge on any atom is 0.326 e. The van der Waals surface area contributed by atoms with Gasteiger partial charge in [-0.3, -0.25) is 23.9 Å². The molecule has 0 atom stereocenters. The van der Waals surface area contributed by atoms with Crippen molar-refractivity contribution >= 4 is 5.91 Å². The number of nitrogens with one attached hydrogen (secondary N) is 3. The molecule has 0 aliphatic rings. The minimum atomic E-state index is -0.758. The molecule has 0 radical (unpaired) electrons. The van der Waals surface area contributed by atoms with E-state index in [-0.39, 0.29) is 24.3 Å². The minimum Gasteiger partial charge on any atom is -0.349 e. The summed E-state index contributed by atoms with van der Waals surface area (Å²) in [6, 6.07) is 2.37. The summed E-state index contributed by atoms with van der Waals surface area (Å²) in [4.78, 5) is 53.6. The lowest BCUT2D eigenvalue weighted by atomic mass is 10.4. The summed E-state index contributed by atoms with van der Waals surface area (Å²) in [6.45, 7) is 2.08. The molecule has 0 aromatic carbocycles. The van der Waals surface area contributed by atoms with Crippen molar-refractivity contribution in [2.75, 3.05) is 6.54 Å². The quantitative estimate of drug-likeness (QED) is 0.622. The zero-order valence-corrected chi connectivity index (χ0v) is 11.2. The van der Waals surface area contributed by atoms with Gasteiger partial charge in [-0.2, -0.15) is 0 Å². The Hall–Kier alpha value is -2.97. The molecule has 0 saturated heterocycles. The Morgan fingerprint density at radius 3 is 2.71 bits per heavy atom. The van der Waals surface area contributed by atoms with Gasteiger partial charge in [0.2, 0.25) is 0 Å². The highest BCUT2D eigenvalue weighted by atomic mass is 16.2. The van der Waals surface area contributed by atoms with Crippen molar-refractivity contribution in [1.29, 1.82) is 0 Å². The van der Waals surface area contributed by atoms with Crippen LogP contribution in [-0.4, -0.2) is 32.0 Å². The second kappa shape index (κ2) is 5.99. The molecule has 0 aliphatic heterocycles. The number of amides is 1. The molecule has 9 nitrogen and oxygen atoms in total. The molecule has 0 fully saturated rings. The molecule has 3 N–H and O–H groups in total. The number of rotatable bonds is 4. The van der Waals surface area contributed by atoms with Gasteiger partial charge in [0.25, 0.3) is 17.0 Å². The van der Waals surface area contributed by atoms with E-state index in [1.165, 1.54) is 17.0 Å². The minimum absolute atomic E-state index is 0.141. The molecule has 0 saturated carbocycles. The van der Waals surface area contributed by atoms with Crippen LogP contribution in [0.4, 0.5) is 0 Å². The van der Waals surface area contributed by atoms with Crippen molar-refractivity contribution in [2.45, 2.75) is 13.5 Å². The summed E-state index contributed by atoms with van der Waals surface area (Å²) in [7, 11) is 0. The predicted octanol–water partition coefficient (Wildman–Crippen LogP) is -1.64. The van der Waals surface area contributed by atoms with Gasteiger partial charge >= 0.3 is 5.69 Å². The number of carbonyl (C=O) groups is 1. The fourth-order valence-electron chi connectivity index (χ4n) is 1.66.